The van der Waals surface area contributed by atoms with E-state index in [1.807, 2.05) is 26.0 Å². The van der Waals surface area contributed by atoms with Crippen LogP contribution >= 0.6 is 11.8 Å². The first kappa shape index (κ1) is 18.3. The van der Waals surface area contributed by atoms with Crippen molar-refractivity contribution in [3.8, 4) is 5.69 Å². The first-order valence-corrected chi connectivity index (χ1v) is 9.28. The Morgan fingerprint density at radius 1 is 1.08 bits per heavy atom. The van der Waals surface area contributed by atoms with Crippen LogP contribution in [0.5, 0.6) is 0 Å². The lowest BCUT2D eigenvalue weighted by atomic mass is 10.1. The van der Waals surface area contributed by atoms with E-state index in [9.17, 15) is 9.59 Å². The molecule has 0 unspecified atom stereocenters. The number of carbonyl (C=O) groups is 2. The molecule has 2 amide bonds. The van der Waals surface area contributed by atoms with Crippen molar-refractivity contribution >= 4 is 29.0 Å². The number of imide groups is 1. The van der Waals surface area contributed by atoms with Gasteiger partial charge in [0.2, 0.25) is 0 Å². The smallest absolute Gasteiger partial charge is 0.293 e. The van der Waals surface area contributed by atoms with E-state index in [4.69, 9.17) is 0 Å². The minimum absolute atomic E-state index is 0.240. The number of amides is 2. The number of carbonyl (C=O) groups excluding carboxylic acids is 2. The molecule has 1 aromatic carbocycles. The molecule has 1 fully saturated rings. The second kappa shape index (κ2) is 7.00. The van der Waals surface area contributed by atoms with Crippen molar-refractivity contribution in [1.29, 1.82) is 0 Å². The summed E-state index contributed by atoms with van der Waals surface area (Å²) in [6, 6.07) is 8.43. The van der Waals surface area contributed by atoms with Crippen molar-refractivity contribution in [3.05, 3.63) is 69.9 Å². The molecule has 5 heteroatoms. The summed E-state index contributed by atoms with van der Waals surface area (Å²) in [5.74, 6) is -0.254. The quantitative estimate of drug-likeness (QED) is 0.569. The van der Waals surface area contributed by atoms with E-state index in [2.05, 4.69) is 43.2 Å². The van der Waals surface area contributed by atoms with Crippen LogP contribution in [-0.4, -0.2) is 27.2 Å². The van der Waals surface area contributed by atoms with Gasteiger partial charge >= 0.3 is 0 Å². The van der Waals surface area contributed by atoms with Crippen molar-refractivity contribution < 1.29 is 9.59 Å². The fourth-order valence-corrected chi connectivity index (χ4v) is 3.96. The average Bonchev–Trinajstić information content (AvgIpc) is 3.01. The number of thioether (sulfide) groups is 1. The number of hydrogen-bond donors (Lipinski definition) is 0. The van der Waals surface area contributed by atoms with Crippen LogP contribution < -0.4 is 0 Å². The zero-order valence-corrected chi connectivity index (χ0v) is 16.3. The van der Waals surface area contributed by atoms with Crippen molar-refractivity contribution in [2.75, 3.05) is 6.54 Å². The van der Waals surface area contributed by atoms with Gasteiger partial charge in [-0.25, -0.2) is 0 Å². The Labute approximate surface area is 158 Å². The predicted molar refractivity (Wildman–Crippen MR) is 108 cm³/mol. The fraction of sp³-hybridized carbons (Fsp3) is 0.238. The average molecular weight is 366 g/mol. The third-order valence-corrected chi connectivity index (χ3v) is 5.60. The molecule has 0 radical (unpaired) electrons. The summed E-state index contributed by atoms with van der Waals surface area (Å²) >= 11 is 0.982. The molecule has 1 saturated heterocycles. The van der Waals surface area contributed by atoms with Gasteiger partial charge in [0.05, 0.1) is 4.91 Å². The van der Waals surface area contributed by atoms with E-state index < -0.39 is 0 Å². The van der Waals surface area contributed by atoms with Gasteiger partial charge in [0.25, 0.3) is 11.1 Å². The normalized spacial score (nSPS) is 16.0. The molecule has 1 aliphatic rings. The highest BCUT2D eigenvalue weighted by atomic mass is 32.2. The van der Waals surface area contributed by atoms with Crippen LogP contribution in [0.3, 0.4) is 0 Å². The Balaban J connectivity index is 2.01. The van der Waals surface area contributed by atoms with E-state index in [1.165, 1.54) is 16.0 Å². The van der Waals surface area contributed by atoms with E-state index >= 15 is 0 Å². The third-order valence-electron chi connectivity index (χ3n) is 4.69. The Morgan fingerprint density at radius 2 is 1.81 bits per heavy atom. The minimum Gasteiger partial charge on any atom is -0.318 e. The van der Waals surface area contributed by atoms with Crippen molar-refractivity contribution in [2.45, 2.75) is 27.7 Å². The number of benzene rings is 1. The summed E-state index contributed by atoms with van der Waals surface area (Å²) in [5.41, 5.74) is 6.67. The highest BCUT2D eigenvalue weighted by Crippen LogP contribution is 2.33. The molecule has 26 heavy (non-hydrogen) atoms. The van der Waals surface area contributed by atoms with Crippen molar-refractivity contribution in [2.24, 2.45) is 0 Å². The molecular weight excluding hydrogens is 344 g/mol. The van der Waals surface area contributed by atoms with Gasteiger partial charge in [-0.15, -0.1) is 6.58 Å². The molecule has 2 heterocycles. The molecule has 0 spiro atoms. The van der Waals surface area contributed by atoms with Crippen LogP contribution in [0.15, 0.2) is 41.8 Å². The molecule has 0 saturated carbocycles. The van der Waals surface area contributed by atoms with E-state index in [0.717, 1.165) is 34.4 Å². The van der Waals surface area contributed by atoms with Gasteiger partial charge in [-0.05, 0) is 80.4 Å². The topological polar surface area (TPSA) is 42.3 Å². The monoisotopic (exact) mass is 366 g/mol. The highest BCUT2D eigenvalue weighted by Gasteiger charge is 2.34. The Bertz CT molecular complexity index is 953. The van der Waals surface area contributed by atoms with E-state index in [-0.39, 0.29) is 17.7 Å². The van der Waals surface area contributed by atoms with Gasteiger partial charge in [0.1, 0.15) is 0 Å². The summed E-state index contributed by atoms with van der Waals surface area (Å²) in [4.78, 5) is 26.1. The molecule has 134 valence electrons. The maximum atomic E-state index is 12.4. The lowest BCUT2D eigenvalue weighted by Crippen LogP contribution is -2.27. The zero-order chi connectivity index (χ0) is 19.0. The van der Waals surface area contributed by atoms with Crippen molar-refractivity contribution in [3.63, 3.8) is 0 Å². The fourth-order valence-electron chi connectivity index (χ4n) is 3.12. The molecule has 3 rings (SSSR count). The minimum atomic E-state index is -0.254. The maximum absolute atomic E-state index is 12.4. The lowest BCUT2D eigenvalue weighted by Gasteiger charge is -2.12. The SMILES string of the molecule is C=CCN1C(=O)S/C(=C/c2cc(C)n(-c3ccc(C)c(C)c3)c2C)C1=O. The summed E-state index contributed by atoms with van der Waals surface area (Å²) in [7, 11) is 0. The molecule has 1 aliphatic heterocycles. The Kier molecular flexibility index (Phi) is 4.92. The standard InChI is InChI=1S/C21H22N2O2S/c1-6-9-22-20(24)19(26-21(22)25)12-17-11-15(4)23(16(17)5)18-8-7-13(2)14(3)10-18/h6-8,10-12H,1,9H2,2-5H3/b19-12+. The summed E-state index contributed by atoms with van der Waals surface area (Å²) in [6.07, 6.45) is 3.37. The molecule has 0 bridgehead atoms. The Hall–Kier alpha value is -2.53. The van der Waals surface area contributed by atoms with Crippen LogP contribution in [0, 0.1) is 27.7 Å². The number of aromatic nitrogens is 1. The third kappa shape index (κ3) is 3.15. The number of nitrogens with zero attached hydrogens (tertiary/aromatic N) is 2. The van der Waals surface area contributed by atoms with Gasteiger partial charge < -0.3 is 4.57 Å². The van der Waals surface area contributed by atoms with Crippen LogP contribution in [-0.2, 0) is 4.79 Å². The molecular formula is C21H22N2O2S. The van der Waals surface area contributed by atoms with Gasteiger partial charge in [0.15, 0.2) is 0 Å². The van der Waals surface area contributed by atoms with Gasteiger partial charge in [-0.3, -0.25) is 14.5 Å². The molecule has 0 atom stereocenters. The second-order valence-electron chi connectivity index (χ2n) is 6.51. The lowest BCUT2D eigenvalue weighted by molar-refractivity contribution is -0.122. The maximum Gasteiger partial charge on any atom is 0.293 e. The van der Waals surface area contributed by atoms with Gasteiger partial charge in [0, 0.05) is 23.6 Å². The number of aryl methyl sites for hydroxylation is 3. The van der Waals surface area contributed by atoms with Gasteiger partial charge in [-0.1, -0.05) is 12.1 Å². The molecule has 2 aromatic rings. The van der Waals surface area contributed by atoms with Crippen LogP contribution in [0.2, 0.25) is 0 Å². The van der Waals surface area contributed by atoms with E-state index in [0.29, 0.717) is 4.91 Å². The molecule has 1 aromatic heterocycles. The largest absolute Gasteiger partial charge is 0.318 e. The van der Waals surface area contributed by atoms with E-state index in [1.54, 1.807) is 6.08 Å². The number of hydrogen-bond acceptors (Lipinski definition) is 3. The predicted octanol–water partition coefficient (Wildman–Crippen LogP) is 4.93. The summed E-state index contributed by atoms with van der Waals surface area (Å²) in [6.45, 7) is 12.1. The summed E-state index contributed by atoms with van der Waals surface area (Å²) < 4.78 is 2.17. The summed E-state index contributed by atoms with van der Waals surface area (Å²) in [5, 5.41) is -0.246. The van der Waals surface area contributed by atoms with Crippen LogP contribution in [0.25, 0.3) is 11.8 Å². The first-order valence-electron chi connectivity index (χ1n) is 8.46. The molecule has 4 nitrogen and oxygen atoms in total. The molecule has 0 N–H and O–H groups in total. The van der Waals surface area contributed by atoms with Gasteiger partial charge in [-0.2, -0.15) is 0 Å². The second-order valence-corrected chi connectivity index (χ2v) is 7.50. The van der Waals surface area contributed by atoms with Crippen LogP contribution in [0.1, 0.15) is 28.1 Å². The number of rotatable bonds is 4. The van der Waals surface area contributed by atoms with Crippen molar-refractivity contribution in [1.82, 2.24) is 9.47 Å². The molecule has 0 aliphatic carbocycles. The Morgan fingerprint density at radius 3 is 2.46 bits per heavy atom. The van der Waals surface area contributed by atoms with Crippen LogP contribution in [0.4, 0.5) is 4.79 Å². The first-order chi connectivity index (χ1) is 12.3. The highest BCUT2D eigenvalue weighted by molar-refractivity contribution is 8.18. The zero-order valence-electron chi connectivity index (χ0n) is 15.5.